The van der Waals surface area contributed by atoms with Crippen molar-refractivity contribution in [3.63, 3.8) is 0 Å². The van der Waals surface area contributed by atoms with E-state index >= 15 is 0 Å². The molecule has 0 aromatic heterocycles. The van der Waals surface area contributed by atoms with E-state index in [1.807, 2.05) is 0 Å². The van der Waals surface area contributed by atoms with E-state index in [-0.39, 0.29) is 17.8 Å². The molecule has 2 fully saturated rings. The maximum atomic E-state index is 10.9. The Kier molecular flexibility index (Phi) is 1.93. The van der Waals surface area contributed by atoms with Crippen molar-refractivity contribution in [1.82, 2.24) is 5.32 Å². The van der Waals surface area contributed by atoms with E-state index in [1.54, 1.807) is 6.07 Å². The van der Waals surface area contributed by atoms with Crippen molar-refractivity contribution >= 4 is 12.0 Å². The van der Waals surface area contributed by atoms with Gasteiger partial charge in [0, 0.05) is 23.1 Å². The molecule has 3 aliphatic heterocycles. The van der Waals surface area contributed by atoms with Crippen LogP contribution in [0.2, 0.25) is 0 Å². The highest BCUT2D eigenvalue weighted by Gasteiger charge is 2.64. The number of rotatable bonds is 1. The van der Waals surface area contributed by atoms with Crippen LogP contribution >= 0.6 is 0 Å². The van der Waals surface area contributed by atoms with Gasteiger partial charge >= 0.3 is 0 Å². The number of carbonyl (C=O) groups excluding carboxylic acids is 1. The summed E-state index contributed by atoms with van der Waals surface area (Å²) in [6.07, 6.45) is 0.668. The Morgan fingerprint density at radius 1 is 1.58 bits per heavy atom. The van der Waals surface area contributed by atoms with Crippen molar-refractivity contribution in [2.45, 2.75) is 23.8 Å². The fourth-order valence-corrected chi connectivity index (χ4v) is 3.10. The number of hydrogen-bond donors (Lipinski definition) is 3. The molecule has 19 heavy (non-hydrogen) atoms. The van der Waals surface area contributed by atoms with Crippen LogP contribution in [0.1, 0.15) is 21.8 Å². The van der Waals surface area contributed by atoms with E-state index in [0.29, 0.717) is 29.6 Å². The number of hydrogen-bond acceptors (Lipinski definition) is 6. The third kappa shape index (κ3) is 1.28. The largest absolute Gasteiger partial charge is 0.508 e. The molecule has 2 bridgehead atoms. The van der Waals surface area contributed by atoms with Gasteiger partial charge in [0.1, 0.15) is 12.0 Å². The fourth-order valence-electron chi connectivity index (χ4n) is 3.10. The van der Waals surface area contributed by atoms with Crippen molar-refractivity contribution in [3.8, 4) is 5.75 Å². The number of phenols is 1. The maximum absolute atomic E-state index is 10.9. The molecule has 3 heterocycles. The molecule has 99 valence electrons. The summed E-state index contributed by atoms with van der Waals surface area (Å²) in [7, 11) is 0. The molecule has 0 amide bonds. The standard InChI is InChI=1S/C13H13N2O4/c1-6-11-9(2-7(5-16)3-10(11)17)15-4-8-12(14-8)13(6,18)19-15/h2-3,5-6,8,12,14,17-18H,1,4H2. The van der Waals surface area contributed by atoms with Gasteiger partial charge in [-0.2, -0.15) is 0 Å². The first-order chi connectivity index (χ1) is 9.04. The van der Waals surface area contributed by atoms with Gasteiger partial charge in [-0.1, -0.05) is 0 Å². The van der Waals surface area contributed by atoms with Gasteiger partial charge in [-0.15, -0.1) is 0 Å². The van der Waals surface area contributed by atoms with Crippen molar-refractivity contribution in [1.29, 1.82) is 0 Å². The Bertz CT molecular complexity index is 590. The molecule has 4 unspecified atom stereocenters. The summed E-state index contributed by atoms with van der Waals surface area (Å²) in [5, 5.41) is 25.4. The molecule has 2 saturated heterocycles. The molecule has 0 saturated carbocycles. The Morgan fingerprint density at radius 2 is 2.37 bits per heavy atom. The van der Waals surface area contributed by atoms with E-state index in [1.165, 1.54) is 11.1 Å². The van der Waals surface area contributed by atoms with E-state index in [2.05, 4.69) is 12.2 Å². The quantitative estimate of drug-likeness (QED) is 0.483. The summed E-state index contributed by atoms with van der Waals surface area (Å²) in [6, 6.07) is 3.01. The minimum Gasteiger partial charge on any atom is -0.508 e. The van der Waals surface area contributed by atoms with Gasteiger partial charge in [-0.25, -0.2) is 9.90 Å². The Balaban J connectivity index is 1.93. The maximum Gasteiger partial charge on any atom is 0.215 e. The average molecular weight is 261 g/mol. The number of aldehydes is 1. The number of anilines is 1. The van der Waals surface area contributed by atoms with Gasteiger partial charge in [0.15, 0.2) is 0 Å². The van der Waals surface area contributed by atoms with E-state index < -0.39 is 11.7 Å². The van der Waals surface area contributed by atoms with Gasteiger partial charge in [-0.05, 0) is 19.1 Å². The van der Waals surface area contributed by atoms with Crippen LogP contribution in [0.3, 0.4) is 0 Å². The highest BCUT2D eigenvalue weighted by molar-refractivity contribution is 5.80. The lowest BCUT2D eigenvalue weighted by molar-refractivity contribution is -0.236. The van der Waals surface area contributed by atoms with Crippen molar-refractivity contribution < 1.29 is 19.8 Å². The predicted molar refractivity (Wildman–Crippen MR) is 65.7 cm³/mol. The zero-order valence-corrected chi connectivity index (χ0v) is 10.0. The fraction of sp³-hybridized carbons (Fsp3) is 0.385. The Labute approximate surface area is 109 Å². The molecule has 0 spiro atoms. The second kappa shape index (κ2) is 3.27. The van der Waals surface area contributed by atoms with Crippen LogP contribution in [0.25, 0.3) is 0 Å². The molecule has 6 nitrogen and oxygen atoms in total. The molecule has 1 radical (unpaired) electrons. The van der Waals surface area contributed by atoms with Crippen molar-refractivity contribution in [2.24, 2.45) is 0 Å². The lowest BCUT2D eigenvalue weighted by Gasteiger charge is -2.47. The zero-order chi connectivity index (χ0) is 13.4. The van der Waals surface area contributed by atoms with Crippen LogP contribution in [0.15, 0.2) is 12.1 Å². The monoisotopic (exact) mass is 261 g/mol. The topological polar surface area (TPSA) is 91.9 Å². The van der Waals surface area contributed by atoms with Gasteiger partial charge in [0.2, 0.25) is 5.79 Å². The minimum absolute atomic E-state index is 0.0366. The third-order valence-electron chi connectivity index (χ3n) is 4.16. The average Bonchev–Trinajstić information content (AvgIpc) is 3.15. The number of aromatic hydroxyl groups is 1. The summed E-state index contributed by atoms with van der Waals surface area (Å²) in [5.41, 5.74) is 1.48. The lowest BCUT2D eigenvalue weighted by atomic mass is 9.83. The van der Waals surface area contributed by atoms with Gasteiger partial charge in [-0.3, -0.25) is 4.79 Å². The molecule has 1 aromatic rings. The molecule has 0 aliphatic carbocycles. The normalized spacial score (nSPS) is 38.4. The predicted octanol–water partition coefficient (Wildman–Crippen LogP) is -0.0834. The summed E-state index contributed by atoms with van der Waals surface area (Å²) in [4.78, 5) is 16.5. The van der Waals surface area contributed by atoms with E-state index in [9.17, 15) is 15.0 Å². The first-order valence-corrected chi connectivity index (χ1v) is 6.15. The zero-order valence-electron chi connectivity index (χ0n) is 10.0. The molecule has 1 aromatic carbocycles. The number of nitrogens with one attached hydrogen (secondary N) is 1. The molecule has 4 atom stereocenters. The molecule has 6 heteroatoms. The van der Waals surface area contributed by atoms with Crippen molar-refractivity contribution in [3.05, 3.63) is 30.2 Å². The van der Waals surface area contributed by atoms with Crippen LogP contribution in [-0.4, -0.2) is 40.9 Å². The highest BCUT2D eigenvalue weighted by atomic mass is 16.8. The van der Waals surface area contributed by atoms with Crippen LogP contribution in [0.5, 0.6) is 5.75 Å². The number of fused-ring (bicyclic) bond motifs is 6. The minimum atomic E-state index is -1.45. The van der Waals surface area contributed by atoms with Gasteiger partial charge < -0.3 is 15.5 Å². The third-order valence-corrected chi connectivity index (χ3v) is 4.16. The van der Waals surface area contributed by atoms with Gasteiger partial charge in [0.25, 0.3) is 0 Å². The summed E-state index contributed by atoms with van der Waals surface area (Å²) in [5.74, 6) is -2.11. The number of phenolic OH excluding ortho intramolecular Hbond substituents is 1. The van der Waals surface area contributed by atoms with E-state index in [4.69, 9.17) is 4.84 Å². The van der Waals surface area contributed by atoms with Crippen LogP contribution in [0, 0.1) is 6.92 Å². The first kappa shape index (κ1) is 11.2. The first-order valence-electron chi connectivity index (χ1n) is 6.15. The number of hydroxylamine groups is 1. The second-order valence-electron chi connectivity index (χ2n) is 5.30. The van der Waals surface area contributed by atoms with Crippen LogP contribution < -0.4 is 10.4 Å². The smallest absolute Gasteiger partial charge is 0.215 e. The number of nitrogens with zero attached hydrogens (tertiary/aromatic N) is 1. The lowest BCUT2D eigenvalue weighted by Crippen LogP contribution is -2.58. The van der Waals surface area contributed by atoms with Crippen molar-refractivity contribution in [2.75, 3.05) is 11.6 Å². The number of benzene rings is 1. The molecule has 4 rings (SSSR count). The van der Waals surface area contributed by atoms with E-state index in [0.717, 1.165) is 0 Å². The summed E-state index contributed by atoms with van der Waals surface area (Å²) < 4.78 is 0. The number of carbonyl (C=O) groups is 1. The van der Waals surface area contributed by atoms with Gasteiger partial charge in [0.05, 0.1) is 18.3 Å². The molecule has 3 aliphatic rings. The molecular formula is C13H13N2O4. The van der Waals surface area contributed by atoms with Crippen LogP contribution in [-0.2, 0) is 4.84 Å². The number of aliphatic hydroxyl groups is 1. The highest BCUT2D eigenvalue weighted by Crippen LogP contribution is 2.52. The Hall–Kier alpha value is -1.63. The Morgan fingerprint density at radius 3 is 3.11 bits per heavy atom. The van der Waals surface area contributed by atoms with Crippen LogP contribution in [0.4, 0.5) is 5.69 Å². The summed E-state index contributed by atoms with van der Waals surface area (Å²) >= 11 is 0. The molecule has 3 N–H and O–H groups in total. The summed E-state index contributed by atoms with van der Waals surface area (Å²) in [6.45, 7) is 4.50. The second-order valence-corrected chi connectivity index (χ2v) is 5.30. The SMILES string of the molecule is [CH2]C1c2c(O)cc(C=O)cc2N2CC3NC3C1(O)O2. The molecular weight excluding hydrogens is 248 g/mol.